The Balaban J connectivity index is 1.46. The second-order valence-corrected chi connectivity index (χ2v) is 5.07. The summed E-state index contributed by atoms with van der Waals surface area (Å²) < 4.78 is 10.9. The summed E-state index contributed by atoms with van der Waals surface area (Å²) in [6, 6.07) is 5.71. The zero-order valence-electron chi connectivity index (χ0n) is 11.8. The Kier molecular flexibility index (Phi) is 4.42. The zero-order valence-corrected chi connectivity index (χ0v) is 11.8. The Bertz CT molecular complexity index is 552. The van der Waals surface area contributed by atoms with Crippen LogP contribution >= 0.6 is 0 Å². The normalized spacial score (nSPS) is 17.0. The summed E-state index contributed by atoms with van der Waals surface area (Å²) >= 11 is 0. The van der Waals surface area contributed by atoms with Crippen LogP contribution in [0.5, 0.6) is 5.88 Å². The Labute approximate surface area is 123 Å². The van der Waals surface area contributed by atoms with Crippen LogP contribution in [0.15, 0.2) is 28.9 Å². The van der Waals surface area contributed by atoms with Crippen molar-refractivity contribution in [3.8, 4) is 5.88 Å². The summed E-state index contributed by atoms with van der Waals surface area (Å²) in [6.07, 6.45) is 3.91. The third-order valence-corrected chi connectivity index (χ3v) is 3.51. The van der Waals surface area contributed by atoms with E-state index in [9.17, 15) is 0 Å². The van der Waals surface area contributed by atoms with E-state index in [2.05, 4.69) is 20.0 Å². The van der Waals surface area contributed by atoms with Crippen LogP contribution in [0.3, 0.4) is 0 Å². The number of nitrogens with zero attached hydrogens (tertiary/aromatic N) is 4. The minimum atomic E-state index is 0.223. The molecule has 2 N–H and O–H groups in total. The first-order valence-electron chi connectivity index (χ1n) is 7.15. The molecule has 2 aromatic rings. The number of rotatable bonds is 5. The largest absolute Gasteiger partial charge is 0.474 e. The van der Waals surface area contributed by atoms with Crippen LogP contribution in [0.2, 0.25) is 0 Å². The molecule has 3 rings (SSSR count). The fourth-order valence-electron chi connectivity index (χ4n) is 2.41. The van der Waals surface area contributed by atoms with E-state index in [0.717, 1.165) is 25.9 Å². The van der Waals surface area contributed by atoms with Crippen LogP contribution in [-0.2, 0) is 13.1 Å². The number of hydrogen-bond acceptors (Lipinski definition) is 7. The van der Waals surface area contributed by atoms with Gasteiger partial charge in [-0.2, -0.15) is 4.98 Å². The maximum Gasteiger partial charge on any atom is 0.240 e. The third kappa shape index (κ3) is 3.77. The third-order valence-electron chi connectivity index (χ3n) is 3.51. The highest BCUT2D eigenvalue weighted by molar-refractivity contribution is 5.09. The van der Waals surface area contributed by atoms with Gasteiger partial charge in [0.1, 0.15) is 6.10 Å². The lowest BCUT2D eigenvalue weighted by molar-refractivity contribution is 0.0914. The van der Waals surface area contributed by atoms with E-state index in [-0.39, 0.29) is 12.6 Å². The highest BCUT2D eigenvalue weighted by atomic mass is 16.5. The van der Waals surface area contributed by atoms with Crippen molar-refractivity contribution in [2.24, 2.45) is 5.73 Å². The number of ether oxygens (including phenoxy) is 1. The summed E-state index contributed by atoms with van der Waals surface area (Å²) in [7, 11) is 0. The molecule has 1 fully saturated rings. The Morgan fingerprint density at radius 2 is 2.19 bits per heavy atom. The van der Waals surface area contributed by atoms with Crippen molar-refractivity contribution in [1.29, 1.82) is 0 Å². The van der Waals surface area contributed by atoms with Crippen molar-refractivity contribution in [3.05, 3.63) is 36.1 Å². The number of likely N-dealkylation sites (tertiary alicyclic amines) is 1. The number of pyridine rings is 1. The average Bonchev–Trinajstić information content (AvgIpc) is 2.98. The minimum absolute atomic E-state index is 0.223. The van der Waals surface area contributed by atoms with Crippen LogP contribution in [0, 0.1) is 0 Å². The maximum absolute atomic E-state index is 5.87. The molecular weight excluding hydrogens is 270 g/mol. The summed E-state index contributed by atoms with van der Waals surface area (Å²) in [6.45, 7) is 2.88. The van der Waals surface area contributed by atoms with Crippen molar-refractivity contribution in [3.63, 3.8) is 0 Å². The molecule has 1 saturated heterocycles. The van der Waals surface area contributed by atoms with E-state index in [1.807, 2.05) is 18.2 Å². The number of aromatic nitrogens is 3. The fraction of sp³-hybridized carbons (Fsp3) is 0.500. The molecule has 0 amide bonds. The first kappa shape index (κ1) is 14.0. The molecule has 0 bridgehead atoms. The predicted molar refractivity (Wildman–Crippen MR) is 75.4 cm³/mol. The second-order valence-electron chi connectivity index (χ2n) is 5.07. The fourth-order valence-corrected chi connectivity index (χ4v) is 2.41. The van der Waals surface area contributed by atoms with Gasteiger partial charge in [-0.1, -0.05) is 11.2 Å². The van der Waals surface area contributed by atoms with Gasteiger partial charge in [0.25, 0.3) is 0 Å². The van der Waals surface area contributed by atoms with Crippen LogP contribution in [0.4, 0.5) is 0 Å². The molecular formula is C14H19N5O2. The van der Waals surface area contributed by atoms with Gasteiger partial charge in [0.15, 0.2) is 5.82 Å². The van der Waals surface area contributed by atoms with Gasteiger partial charge in [-0.25, -0.2) is 4.98 Å². The van der Waals surface area contributed by atoms with Crippen molar-refractivity contribution in [2.45, 2.75) is 32.0 Å². The summed E-state index contributed by atoms with van der Waals surface area (Å²) in [5.41, 5.74) is 5.46. The smallest absolute Gasteiger partial charge is 0.240 e. The Morgan fingerprint density at radius 1 is 1.33 bits per heavy atom. The van der Waals surface area contributed by atoms with Crippen LogP contribution in [0.25, 0.3) is 0 Å². The number of hydrogen-bond donors (Lipinski definition) is 1. The summed E-state index contributed by atoms with van der Waals surface area (Å²) in [5, 5.41) is 3.92. The molecule has 0 aliphatic carbocycles. The quantitative estimate of drug-likeness (QED) is 0.876. The van der Waals surface area contributed by atoms with E-state index < -0.39 is 0 Å². The van der Waals surface area contributed by atoms with Gasteiger partial charge in [-0.15, -0.1) is 0 Å². The van der Waals surface area contributed by atoms with E-state index >= 15 is 0 Å². The van der Waals surface area contributed by atoms with Crippen LogP contribution in [0.1, 0.15) is 24.6 Å². The SMILES string of the molecule is NCc1nc(CN2CCC(Oc3ccccn3)CC2)no1. The van der Waals surface area contributed by atoms with Gasteiger partial charge in [-0.05, 0) is 18.9 Å². The molecule has 1 aliphatic rings. The molecule has 0 aromatic carbocycles. The zero-order chi connectivity index (χ0) is 14.5. The molecule has 7 nitrogen and oxygen atoms in total. The highest BCUT2D eigenvalue weighted by Gasteiger charge is 2.22. The van der Waals surface area contributed by atoms with Gasteiger partial charge in [0.2, 0.25) is 11.8 Å². The first-order valence-corrected chi connectivity index (χ1v) is 7.15. The van der Waals surface area contributed by atoms with Gasteiger partial charge < -0.3 is 15.0 Å². The number of nitrogens with two attached hydrogens (primary N) is 1. The first-order chi connectivity index (χ1) is 10.3. The Hall–Kier alpha value is -1.99. The van der Waals surface area contributed by atoms with Crippen molar-refractivity contribution >= 4 is 0 Å². The molecule has 3 heterocycles. The van der Waals surface area contributed by atoms with Crippen molar-refractivity contribution in [1.82, 2.24) is 20.0 Å². The molecule has 1 aliphatic heterocycles. The van der Waals surface area contributed by atoms with Gasteiger partial charge >= 0.3 is 0 Å². The van der Waals surface area contributed by atoms with E-state index in [0.29, 0.717) is 24.1 Å². The van der Waals surface area contributed by atoms with Gasteiger partial charge in [0, 0.05) is 25.4 Å². The topological polar surface area (TPSA) is 90.3 Å². The van der Waals surface area contributed by atoms with E-state index in [1.165, 1.54) is 0 Å². The molecule has 112 valence electrons. The van der Waals surface area contributed by atoms with Crippen molar-refractivity contribution in [2.75, 3.05) is 13.1 Å². The van der Waals surface area contributed by atoms with E-state index in [4.69, 9.17) is 15.0 Å². The average molecular weight is 289 g/mol. The lowest BCUT2D eigenvalue weighted by Gasteiger charge is -2.30. The number of piperidine rings is 1. The molecule has 7 heteroatoms. The van der Waals surface area contributed by atoms with Crippen LogP contribution in [-0.4, -0.2) is 39.2 Å². The standard InChI is InChI=1S/C14H19N5O2/c15-9-14-17-12(18-21-14)10-19-7-4-11(5-8-19)20-13-3-1-2-6-16-13/h1-3,6,11H,4-5,7-10,15H2. The molecule has 21 heavy (non-hydrogen) atoms. The highest BCUT2D eigenvalue weighted by Crippen LogP contribution is 2.17. The second kappa shape index (κ2) is 6.64. The summed E-state index contributed by atoms with van der Waals surface area (Å²) in [4.78, 5) is 10.7. The van der Waals surface area contributed by atoms with Crippen molar-refractivity contribution < 1.29 is 9.26 Å². The molecule has 0 atom stereocenters. The van der Waals surface area contributed by atoms with Crippen LogP contribution < -0.4 is 10.5 Å². The molecule has 2 aromatic heterocycles. The molecule has 0 spiro atoms. The van der Waals surface area contributed by atoms with Gasteiger partial charge in [-0.3, -0.25) is 4.90 Å². The molecule has 0 radical (unpaired) electrons. The lowest BCUT2D eigenvalue weighted by Crippen LogP contribution is -2.38. The predicted octanol–water partition coefficient (Wildman–Crippen LogP) is 0.967. The Morgan fingerprint density at radius 3 is 2.86 bits per heavy atom. The minimum Gasteiger partial charge on any atom is -0.474 e. The summed E-state index contributed by atoms with van der Waals surface area (Å²) in [5.74, 6) is 1.87. The maximum atomic E-state index is 5.87. The monoisotopic (exact) mass is 289 g/mol. The van der Waals surface area contributed by atoms with Gasteiger partial charge in [0.05, 0.1) is 13.1 Å². The lowest BCUT2D eigenvalue weighted by atomic mass is 10.1. The molecule has 0 saturated carbocycles. The van der Waals surface area contributed by atoms with E-state index in [1.54, 1.807) is 6.20 Å². The molecule has 0 unspecified atom stereocenters.